The minimum Gasteiger partial charge on any atom is -0.481 e. The first-order chi connectivity index (χ1) is 6.54. The topological polar surface area (TPSA) is 66.8 Å². The van der Waals surface area contributed by atoms with E-state index >= 15 is 0 Å². The number of nitrogens with zero attached hydrogens (tertiary/aromatic N) is 1. The molecule has 5 heteroatoms. The quantitative estimate of drug-likeness (QED) is 0.733. The lowest BCUT2D eigenvalue weighted by Gasteiger charge is -2.40. The van der Waals surface area contributed by atoms with Crippen molar-refractivity contribution in [3.63, 3.8) is 0 Å². The fraction of sp³-hybridized carbons (Fsp3) is 0.778. The molecule has 0 aromatic carbocycles. The lowest BCUT2D eigenvalue weighted by molar-refractivity contribution is -0.138. The van der Waals surface area contributed by atoms with Gasteiger partial charge in [0.15, 0.2) is 0 Å². The Kier molecular flexibility index (Phi) is 3.33. The molecule has 1 rings (SSSR count). The summed E-state index contributed by atoms with van der Waals surface area (Å²) in [7, 11) is 1.34. The Morgan fingerprint density at radius 3 is 2.57 bits per heavy atom. The number of carboxylic acid groups (broad SMARTS) is 1. The maximum Gasteiger partial charge on any atom is 0.409 e. The number of carbonyl (C=O) groups excluding carboxylic acids is 1. The van der Waals surface area contributed by atoms with Crippen LogP contribution in [0.2, 0.25) is 0 Å². The Morgan fingerprint density at radius 1 is 1.57 bits per heavy atom. The van der Waals surface area contributed by atoms with Gasteiger partial charge in [-0.15, -0.1) is 0 Å². The van der Waals surface area contributed by atoms with Gasteiger partial charge in [0.2, 0.25) is 0 Å². The molecule has 0 saturated carbocycles. The van der Waals surface area contributed by atoms with E-state index in [-0.39, 0.29) is 18.4 Å². The van der Waals surface area contributed by atoms with E-state index in [0.29, 0.717) is 19.0 Å². The lowest BCUT2D eigenvalue weighted by atomic mass is 9.85. The molecule has 0 radical (unpaired) electrons. The van der Waals surface area contributed by atoms with Gasteiger partial charge in [-0.2, -0.15) is 0 Å². The van der Waals surface area contributed by atoms with E-state index in [4.69, 9.17) is 5.11 Å². The third-order valence-corrected chi connectivity index (χ3v) is 2.64. The number of likely N-dealkylation sites (tertiary alicyclic amines) is 1. The minimum atomic E-state index is -0.783. The van der Waals surface area contributed by atoms with Gasteiger partial charge in [0.1, 0.15) is 0 Å². The predicted molar refractivity (Wildman–Crippen MR) is 48.9 cm³/mol. The molecule has 0 spiro atoms. The Morgan fingerprint density at radius 2 is 2.14 bits per heavy atom. The van der Waals surface area contributed by atoms with Crippen LogP contribution in [-0.2, 0) is 9.53 Å². The van der Waals surface area contributed by atoms with E-state index in [1.807, 2.05) is 6.92 Å². The molecule has 1 saturated heterocycles. The summed E-state index contributed by atoms with van der Waals surface area (Å²) in [4.78, 5) is 23.0. The summed E-state index contributed by atoms with van der Waals surface area (Å²) in [6, 6.07) is 0. The first-order valence-electron chi connectivity index (χ1n) is 4.59. The smallest absolute Gasteiger partial charge is 0.409 e. The highest BCUT2D eigenvalue weighted by atomic mass is 16.5. The molecule has 1 fully saturated rings. The molecule has 1 heterocycles. The minimum absolute atomic E-state index is 0.119. The van der Waals surface area contributed by atoms with E-state index < -0.39 is 5.97 Å². The standard InChI is InChI=1S/C9H15NO4/c1-6(3-8(11)12)7-4-10(5-7)9(13)14-2/h6-7H,3-5H2,1-2H3,(H,11,12). The van der Waals surface area contributed by atoms with Crippen LogP contribution >= 0.6 is 0 Å². The number of amides is 1. The second kappa shape index (κ2) is 4.30. The molecule has 1 aliphatic rings. The van der Waals surface area contributed by atoms with E-state index in [1.54, 1.807) is 4.90 Å². The molecule has 0 aliphatic carbocycles. The molecule has 0 bridgehead atoms. The summed E-state index contributed by atoms with van der Waals surface area (Å²) in [5.41, 5.74) is 0. The normalized spacial score (nSPS) is 18.6. The summed E-state index contributed by atoms with van der Waals surface area (Å²) in [5.74, 6) is -0.368. The van der Waals surface area contributed by atoms with Crippen LogP contribution in [-0.4, -0.2) is 42.3 Å². The number of methoxy groups -OCH3 is 1. The first kappa shape index (κ1) is 10.8. The van der Waals surface area contributed by atoms with Crippen molar-refractivity contribution >= 4 is 12.1 Å². The third-order valence-electron chi connectivity index (χ3n) is 2.64. The largest absolute Gasteiger partial charge is 0.481 e. The molecular formula is C9H15NO4. The van der Waals surface area contributed by atoms with Crippen molar-refractivity contribution in [1.29, 1.82) is 0 Å². The van der Waals surface area contributed by atoms with Gasteiger partial charge in [0.05, 0.1) is 7.11 Å². The van der Waals surface area contributed by atoms with Crippen molar-refractivity contribution in [2.75, 3.05) is 20.2 Å². The molecule has 1 aliphatic heterocycles. The molecule has 1 amide bonds. The van der Waals surface area contributed by atoms with Gasteiger partial charge in [-0.05, 0) is 11.8 Å². The van der Waals surface area contributed by atoms with Crippen LogP contribution in [0, 0.1) is 11.8 Å². The summed E-state index contributed by atoms with van der Waals surface area (Å²) in [6.45, 7) is 3.12. The van der Waals surface area contributed by atoms with E-state index in [9.17, 15) is 9.59 Å². The van der Waals surface area contributed by atoms with E-state index in [2.05, 4.69) is 4.74 Å². The molecule has 5 nitrogen and oxygen atoms in total. The van der Waals surface area contributed by atoms with Crippen LogP contribution in [0.4, 0.5) is 4.79 Å². The van der Waals surface area contributed by atoms with Gasteiger partial charge in [0, 0.05) is 19.5 Å². The summed E-state index contributed by atoms with van der Waals surface area (Å²) in [6.07, 6.45) is -0.163. The summed E-state index contributed by atoms with van der Waals surface area (Å²) < 4.78 is 4.53. The number of carbonyl (C=O) groups is 2. The van der Waals surface area contributed by atoms with Crippen molar-refractivity contribution in [2.45, 2.75) is 13.3 Å². The van der Waals surface area contributed by atoms with Crippen molar-refractivity contribution in [2.24, 2.45) is 11.8 Å². The number of carboxylic acids is 1. The van der Waals surface area contributed by atoms with Crippen LogP contribution in [0.3, 0.4) is 0 Å². The SMILES string of the molecule is COC(=O)N1CC(C(C)CC(=O)O)C1. The van der Waals surface area contributed by atoms with Gasteiger partial charge in [0.25, 0.3) is 0 Å². The maximum atomic E-state index is 11.0. The number of rotatable bonds is 3. The van der Waals surface area contributed by atoms with Crippen molar-refractivity contribution in [3.8, 4) is 0 Å². The third kappa shape index (κ3) is 2.37. The van der Waals surface area contributed by atoms with Crippen LogP contribution < -0.4 is 0 Å². The predicted octanol–water partition coefficient (Wildman–Crippen LogP) is 0.795. The average Bonchev–Trinajstić information content (AvgIpc) is 1.99. The van der Waals surface area contributed by atoms with Crippen molar-refractivity contribution in [1.82, 2.24) is 4.90 Å². The van der Waals surface area contributed by atoms with Crippen LogP contribution in [0.25, 0.3) is 0 Å². The van der Waals surface area contributed by atoms with Gasteiger partial charge < -0.3 is 14.7 Å². The monoisotopic (exact) mass is 201 g/mol. The second-order valence-electron chi connectivity index (χ2n) is 3.71. The van der Waals surface area contributed by atoms with Crippen molar-refractivity contribution in [3.05, 3.63) is 0 Å². The van der Waals surface area contributed by atoms with Gasteiger partial charge in [-0.1, -0.05) is 6.92 Å². The Bertz CT molecular complexity index is 235. The zero-order chi connectivity index (χ0) is 10.7. The number of hydrogen-bond acceptors (Lipinski definition) is 3. The fourth-order valence-electron chi connectivity index (χ4n) is 1.59. The van der Waals surface area contributed by atoms with Gasteiger partial charge >= 0.3 is 12.1 Å². The first-order valence-corrected chi connectivity index (χ1v) is 4.59. The molecule has 0 aromatic heterocycles. The highest BCUT2D eigenvalue weighted by Crippen LogP contribution is 2.26. The lowest BCUT2D eigenvalue weighted by Crippen LogP contribution is -2.52. The number of ether oxygens (including phenoxy) is 1. The summed E-state index contributed by atoms with van der Waals surface area (Å²) >= 11 is 0. The zero-order valence-corrected chi connectivity index (χ0v) is 8.40. The Balaban J connectivity index is 2.26. The van der Waals surface area contributed by atoms with Crippen LogP contribution in [0.5, 0.6) is 0 Å². The van der Waals surface area contributed by atoms with E-state index in [1.165, 1.54) is 7.11 Å². The Hall–Kier alpha value is -1.26. The number of hydrogen-bond donors (Lipinski definition) is 1. The Labute approximate surface area is 82.6 Å². The van der Waals surface area contributed by atoms with Crippen LogP contribution in [0.1, 0.15) is 13.3 Å². The van der Waals surface area contributed by atoms with Crippen LogP contribution in [0.15, 0.2) is 0 Å². The van der Waals surface area contributed by atoms with Gasteiger partial charge in [-0.3, -0.25) is 4.79 Å². The molecule has 1 N–H and O–H groups in total. The van der Waals surface area contributed by atoms with Gasteiger partial charge in [-0.25, -0.2) is 4.79 Å². The molecular weight excluding hydrogens is 186 g/mol. The zero-order valence-electron chi connectivity index (χ0n) is 8.40. The van der Waals surface area contributed by atoms with E-state index in [0.717, 1.165) is 0 Å². The maximum absolute atomic E-state index is 11.0. The molecule has 0 aromatic rings. The molecule has 1 atom stereocenters. The number of aliphatic carboxylic acids is 1. The highest BCUT2D eigenvalue weighted by Gasteiger charge is 2.35. The second-order valence-corrected chi connectivity index (χ2v) is 3.71. The molecule has 80 valence electrons. The fourth-order valence-corrected chi connectivity index (χ4v) is 1.59. The summed E-state index contributed by atoms with van der Waals surface area (Å²) in [5, 5.41) is 8.57. The molecule has 14 heavy (non-hydrogen) atoms. The highest BCUT2D eigenvalue weighted by molar-refractivity contribution is 5.69. The molecule has 1 unspecified atom stereocenters. The average molecular weight is 201 g/mol. The van der Waals surface area contributed by atoms with Crippen molar-refractivity contribution < 1.29 is 19.4 Å².